The van der Waals surface area contributed by atoms with Crippen molar-refractivity contribution in [1.29, 1.82) is 0 Å². The van der Waals surface area contributed by atoms with E-state index >= 15 is 0 Å². The van der Waals surface area contributed by atoms with Crippen LogP contribution in [0.2, 0.25) is 12.1 Å². The van der Waals surface area contributed by atoms with E-state index in [0.29, 0.717) is 6.10 Å². The van der Waals surface area contributed by atoms with E-state index in [4.69, 9.17) is 4.43 Å². The fourth-order valence-corrected chi connectivity index (χ4v) is 6.09. The first-order valence-electron chi connectivity index (χ1n) is 7.15. The molecule has 2 aliphatic rings. The average molecular weight is 238 g/mol. The minimum absolute atomic E-state index is 0.567. The summed E-state index contributed by atoms with van der Waals surface area (Å²) in [4.78, 5) is 0. The molecule has 1 atom stereocenters. The zero-order chi connectivity index (χ0) is 11.4. The van der Waals surface area contributed by atoms with Crippen LogP contribution >= 0.6 is 0 Å². The van der Waals surface area contributed by atoms with Gasteiger partial charge in [-0.05, 0) is 37.3 Å². The molecular weight excluding hydrogens is 212 g/mol. The third kappa shape index (κ3) is 2.59. The van der Waals surface area contributed by atoms with Crippen molar-refractivity contribution >= 4 is 8.32 Å². The lowest BCUT2D eigenvalue weighted by atomic mass is 9.84. The highest BCUT2D eigenvalue weighted by Crippen LogP contribution is 2.35. The summed E-state index contributed by atoms with van der Waals surface area (Å²) in [5, 5.41) is 0. The Hall–Kier alpha value is -0.0831. The molecule has 0 aromatic carbocycles. The highest BCUT2D eigenvalue weighted by molar-refractivity contribution is 6.78. The molecule has 0 saturated heterocycles. The summed E-state index contributed by atoms with van der Waals surface area (Å²) in [6.45, 7) is 4.62. The molecule has 2 rings (SSSR count). The number of hydrogen-bond donors (Lipinski definition) is 0. The Morgan fingerprint density at radius 3 is 2.44 bits per heavy atom. The van der Waals surface area contributed by atoms with Gasteiger partial charge in [0.05, 0.1) is 6.10 Å². The zero-order valence-electron chi connectivity index (χ0n) is 10.9. The molecule has 1 fully saturated rings. The lowest BCUT2D eigenvalue weighted by molar-refractivity contribution is 0.0980. The van der Waals surface area contributed by atoms with Crippen LogP contribution in [-0.2, 0) is 4.43 Å². The molecule has 1 nitrogen and oxygen atoms in total. The summed E-state index contributed by atoms with van der Waals surface area (Å²) in [5.41, 5.74) is 2.45. The molecule has 1 aliphatic carbocycles. The molecule has 0 radical (unpaired) electrons. The molecule has 92 valence electrons. The molecule has 2 heteroatoms. The Balaban J connectivity index is 1.99. The first kappa shape index (κ1) is 12.4. The van der Waals surface area contributed by atoms with Crippen molar-refractivity contribution in [3.05, 3.63) is 11.8 Å². The third-order valence-corrected chi connectivity index (χ3v) is 8.56. The molecule has 1 unspecified atom stereocenters. The Labute approximate surface area is 101 Å². The van der Waals surface area contributed by atoms with Crippen LogP contribution in [0.3, 0.4) is 0 Å². The van der Waals surface area contributed by atoms with Crippen LogP contribution in [0, 0.1) is 5.92 Å². The molecular formula is C14H26OSi. The second-order valence-electron chi connectivity index (χ2n) is 5.46. The maximum Gasteiger partial charge on any atom is 0.216 e. The van der Waals surface area contributed by atoms with Gasteiger partial charge < -0.3 is 4.43 Å². The molecule has 0 amide bonds. The van der Waals surface area contributed by atoms with Gasteiger partial charge in [0.25, 0.3) is 0 Å². The van der Waals surface area contributed by atoms with Crippen molar-refractivity contribution in [3.8, 4) is 0 Å². The van der Waals surface area contributed by atoms with Crippen molar-refractivity contribution in [2.24, 2.45) is 5.92 Å². The zero-order valence-corrected chi connectivity index (χ0v) is 11.9. The standard InChI is InChI=1S/C14H26OSi/c1-3-16(4-2)12-8-11-14(15-16)13-9-6-5-7-10-13/h8,12-14H,3-7,9-11H2,1-2H3. The molecule has 0 aromatic rings. The largest absolute Gasteiger partial charge is 0.410 e. The summed E-state index contributed by atoms with van der Waals surface area (Å²) < 4.78 is 6.56. The van der Waals surface area contributed by atoms with E-state index < -0.39 is 8.32 Å². The van der Waals surface area contributed by atoms with Crippen molar-refractivity contribution in [1.82, 2.24) is 0 Å². The topological polar surface area (TPSA) is 9.23 Å². The molecule has 0 N–H and O–H groups in total. The predicted molar refractivity (Wildman–Crippen MR) is 71.9 cm³/mol. The van der Waals surface area contributed by atoms with Gasteiger partial charge in [0, 0.05) is 0 Å². The van der Waals surface area contributed by atoms with E-state index in [2.05, 4.69) is 25.6 Å². The van der Waals surface area contributed by atoms with Gasteiger partial charge >= 0.3 is 0 Å². The lowest BCUT2D eigenvalue weighted by Gasteiger charge is -2.39. The van der Waals surface area contributed by atoms with E-state index in [1.54, 1.807) is 0 Å². The fraction of sp³-hybridized carbons (Fsp3) is 0.857. The number of hydrogen-bond acceptors (Lipinski definition) is 1. The molecule has 0 bridgehead atoms. The van der Waals surface area contributed by atoms with Crippen molar-refractivity contribution < 1.29 is 4.43 Å². The summed E-state index contributed by atoms with van der Waals surface area (Å²) in [6, 6.07) is 2.51. The third-order valence-electron chi connectivity index (χ3n) is 4.55. The summed E-state index contributed by atoms with van der Waals surface area (Å²) in [6.07, 6.45) is 11.3. The molecule has 1 heterocycles. The van der Waals surface area contributed by atoms with Crippen molar-refractivity contribution in [2.45, 2.75) is 70.6 Å². The second kappa shape index (κ2) is 5.50. The van der Waals surface area contributed by atoms with Crippen LogP contribution in [0.15, 0.2) is 11.8 Å². The van der Waals surface area contributed by atoms with Crippen LogP contribution in [0.5, 0.6) is 0 Å². The Kier molecular flexibility index (Phi) is 4.26. The SMILES string of the molecule is CC[Si]1(CC)C=CCC(C2CCCCC2)O1. The normalized spacial score (nSPS) is 30.5. The predicted octanol–water partition coefficient (Wildman–Crippen LogP) is 4.44. The molecule has 0 aromatic heterocycles. The van der Waals surface area contributed by atoms with Gasteiger partial charge in [0.15, 0.2) is 0 Å². The van der Waals surface area contributed by atoms with Crippen LogP contribution in [-0.4, -0.2) is 14.4 Å². The van der Waals surface area contributed by atoms with Crippen LogP contribution in [0.25, 0.3) is 0 Å². The minimum Gasteiger partial charge on any atom is -0.410 e. The maximum atomic E-state index is 6.56. The van der Waals surface area contributed by atoms with E-state index in [1.807, 2.05) is 0 Å². The quantitative estimate of drug-likeness (QED) is 0.661. The first-order valence-corrected chi connectivity index (χ1v) is 9.55. The monoisotopic (exact) mass is 238 g/mol. The smallest absolute Gasteiger partial charge is 0.216 e. The van der Waals surface area contributed by atoms with Gasteiger partial charge in [-0.25, -0.2) is 0 Å². The Morgan fingerprint density at radius 2 is 1.81 bits per heavy atom. The van der Waals surface area contributed by atoms with E-state index in [1.165, 1.54) is 50.6 Å². The maximum absolute atomic E-state index is 6.56. The van der Waals surface area contributed by atoms with Gasteiger partial charge in [-0.3, -0.25) is 0 Å². The van der Waals surface area contributed by atoms with Gasteiger partial charge in [-0.2, -0.15) is 0 Å². The molecule has 16 heavy (non-hydrogen) atoms. The van der Waals surface area contributed by atoms with Gasteiger partial charge in [-0.15, -0.1) is 0 Å². The summed E-state index contributed by atoms with van der Waals surface area (Å²) in [7, 11) is -1.46. The Morgan fingerprint density at radius 1 is 1.12 bits per heavy atom. The van der Waals surface area contributed by atoms with E-state index in [0.717, 1.165) is 5.92 Å². The van der Waals surface area contributed by atoms with Gasteiger partial charge in [0.1, 0.15) is 0 Å². The molecule has 1 aliphatic heterocycles. The average Bonchev–Trinajstić information content (AvgIpc) is 2.40. The van der Waals surface area contributed by atoms with E-state index in [-0.39, 0.29) is 0 Å². The fourth-order valence-electron chi connectivity index (χ4n) is 3.25. The van der Waals surface area contributed by atoms with Crippen LogP contribution in [0.4, 0.5) is 0 Å². The van der Waals surface area contributed by atoms with E-state index in [9.17, 15) is 0 Å². The molecule has 1 saturated carbocycles. The highest BCUT2D eigenvalue weighted by atomic mass is 28.4. The lowest BCUT2D eigenvalue weighted by Crippen LogP contribution is -2.44. The number of rotatable bonds is 3. The van der Waals surface area contributed by atoms with Crippen molar-refractivity contribution in [2.75, 3.05) is 0 Å². The highest BCUT2D eigenvalue weighted by Gasteiger charge is 2.36. The van der Waals surface area contributed by atoms with Gasteiger partial charge in [-0.1, -0.05) is 44.9 Å². The van der Waals surface area contributed by atoms with Gasteiger partial charge in [0.2, 0.25) is 8.32 Å². The summed E-state index contributed by atoms with van der Waals surface area (Å²) in [5.74, 6) is 0.865. The molecule has 0 spiro atoms. The minimum atomic E-state index is -1.46. The van der Waals surface area contributed by atoms with Crippen LogP contribution in [0.1, 0.15) is 52.4 Å². The summed E-state index contributed by atoms with van der Waals surface area (Å²) >= 11 is 0. The van der Waals surface area contributed by atoms with Crippen molar-refractivity contribution in [3.63, 3.8) is 0 Å². The van der Waals surface area contributed by atoms with Crippen LogP contribution < -0.4 is 0 Å². The second-order valence-corrected chi connectivity index (χ2v) is 9.58. The first-order chi connectivity index (χ1) is 7.79. The Bertz CT molecular complexity index is 239.